The van der Waals surface area contributed by atoms with Gasteiger partial charge in [0.05, 0.1) is 6.61 Å². The van der Waals surface area contributed by atoms with Crippen molar-refractivity contribution in [3.05, 3.63) is 0 Å². The molecule has 82 valence electrons. The summed E-state index contributed by atoms with van der Waals surface area (Å²) in [7, 11) is 0. The highest BCUT2D eigenvalue weighted by Crippen LogP contribution is 2.24. The molecule has 2 saturated heterocycles. The van der Waals surface area contributed by atoms with E-state index in [2.05, 4.69) is 11.8 Å². The number of likely N-dealkylation sites (tertiary alicyclic amines) is 1. The molecule has 0 aromatic carbocycles. The van der Waals surface area contributed by atoms with Crippen LogP contribution in [0.4, 0.5) is 0 Å². The average Bonchev–Trinajstić information content (AvgIpc) is 2.69. The second-order valence-electron chi connectivity index (χ2n) is 4.91. The third-order valence-corrected chi connectivity index (χ3v) is 3.53. The zero-order valence-electron chi connectivity index (χ0n) is 9.11. The lowest BCUT2D eigenvalue weighted by molar-refractivity contribution is 0.0799. The van der Waals surface area contributed by atoms with Gasteiger partial charge in [0.15, 0.2) is 0 Å². The SMILES string of the molecule is CC1CC(CN)CN(C2CCOC2)C1. The number of hydrogen-bond donors (Lipinski definition) is 1. The molecular formula is C11H22N2O. The number of rotatable bonds is 2. The highest BCUT2D eigenvalue weighted by Gasteiger charge is 2.30. The highest BCUT2D eigenvalue weighted by atomic mass is 16.5. The maximum atomic E-state index is 5.77. The van der Waals surface area contributed by atoms with Gasteiger partial charge in [-0.25, -0.2) is 0 Å². The third kappa shape index (κ3) is 2.27. The van der Waals surface area contributed by atoms with Gasteiger partial charge in [0.25, 0.3) is 0 Å². The second-order valence-corrected chi connectivity index (χ2v) is 4.91. The van der Waals surface area contributed by atoms with Crippen molar-refractivity contribution < 1.29 is 4.74 Å². The monoisotopic (exact) mass is 198 g/mol. The molecule has 0 saturated carbocycles. The average molecular weight is 198 g/mol. The predicted molar refractivity (Wildman–Crippen MR) is 57.1 cm³/mol. The largest absolute Gasteiger partial charge is 0.380 e. The summed E-state index contributed by atoms with van der Waals surface area (Å²) in [5, 5.41) is 0. The van der Waals surface area contributed by atoms with Gasteiger partial charge in [0.1, 0.15) is 0 Å². The van der Waals surface area contributed by atoms with Crippen LogP contribution in [0, 0.1) is 11.8 Å². The Hall–Kier alpha value is -0.120. The number of hydrogen-bond acceptors (Lipinski definition) is 3. The van der Waals surface area contributed by atoms with Crippen molar-refractivity contribution in [2.75, 3.05) is 32.8 Å². The molecule has 2 fully saturated rings. The molecule has 2 heterocycles. The lowest BCUT2D eigenvalue weighted by atomic mass is 9.89. The maximum absolute atomic E-state index is 5.77. The van der Waals surface area contributed by atoms with Crippen LogP contribution in [0.5, 0.6) is 0 Å². The van der Waals surface area contributed by atoms with Crippen LogP contribution in [0.15, 0.2) is 0 Å². The van der Waals surface area contributed by atoms with E-state index in [1.54, 1.807) is 0 Å². The lowest BCUT2D eigenvalue weighted by Crippen LogP contribution is -2.47. The Morgan fingerprint density at radius 2 is 2.29 bits per heavy atom. The molecule has 3 unspecified atom stereocenters. The van der Waals surface area contributed by atoms with Gasteiger partial charge in [-0.2, -0.15) is 0 Å². The molecule has 3 nitrogen and oxygen atoms in total. The molecule has 14 heavy (non-hydrogen) atoms. The first kappa shape index (κ1) is 10.4. The van der Waals surface area contributed by atoms with E-state index in [-0.39, 0.29) is 0 Å². The topological polar surface area (TPSA) is 38.5 Å². The summed E-state index contributed by atoms with van der Waals surface area (Å²) in [5.41, 5.74) is 5.77. The molecule has 0 radical (unpaired) electrons. The first-order valence-electron chi connectivity index (χ1n) is 5.81. The fourth-order valence-electron chi connectivity index (χ4n) is 2.80. The minimum absolute atomic E-state index is 0.673. The van der Waals surface area contributed by atoms with E-state index in [0.717, 1.165) is 25.7 Å². The quantitative estimate of drug-likeness (QED) is 0.709. The summed E-state index contributed by atoms with van der Waals surface area (Å²) in [6.45, 7) is 7.49. The molecule has 0 aromatic heterocycles. The number of nitrogens with two attached hydrogens (primary N) is 1. The Bertz CT molecular complexity index is 180. The third-order valence-electron chi connectivity index (χ3n) is 3.53. The number of piperidine rings is 1. The van der Waals surface area contributed by atoms with Gasteiger partial charge in [-0.3, -0.25) is 4.90 Å². The minimum Gasteiger partial charge on any atom is -0.380 e. The molecule has 2 N–H and O–H groups in total. The van der Waals surface area contributed by atoms with Crippen LogP contribution in [0.2, 0.25) is 0 Å². The van der Waals surface area contributed by atoms with Gasteiger partial charge in [-0.05, 0) is 31.2 Å². The van der Waals surface area contributed by atoms with Crippen molar-refractivity contribution in [1.82, 2.24) is 4.90 Å². The Labute approximate surface area is 86.6 Å². The van der Waals surface area contributed by atoms with Crippen LogP contribution in [-0.4, -0.2) is 43.8 Å². The molecule has 0 aliphatic carbocycles. The van der Waals surface area contributed by atoms with Crippen LogP contribution in [0.3, 0.4) is 0 Å². The number of nitrogens with zero attached hydrogens (tertiary/aromatic N) is 1. The smallest absolute Gasteiger partial charge is 0.0622 e. The molecule has 0 spiro atoms. The second kappa shape index (κ2) is 4.60. The van der Waals surface area contributed by atoms with Crippen molar-refractivity contribution in [3.8, 4) is 0 Å². The Morgan fingerprint density at radius 3 is 2.93 bits per heavy atom. The zero-order chi connectivity index (χ0) is 9.97. The summed E-state index contributed by atoms with van der Waals surface area (Å²) in [6.07, 6.45) is 2.52. The summed E-state index contributed by atoms with van der Waals surface area (Å²) >= 11 is 0. The first-order chi connectivity index (χ1) is 6.79. The van der Waals surface area contributed by atoms with Crippen LogP contribution in [-0.2, 0) is 4.74 Å². The van der Waals surface area contributed by atoms with E-state index in [1.807, 2.05) is 0 Å². The van der Waals surface area contributed by atoms with Crippen molar-refractivity contribution in [3.63, 3.8) is 0 Å². The molecule has 0 amide bonds. The fourth-order valence-corrected chi connectivity index (χ4v) is 2.80. The van der Waals surface area contributed by atoms with Gasteiger partial charge in [0.2, 0.25) is 0 Å². The van der Waals surface area contributed by atoms with E-state index >= 15 is 0 Å². The van der Waals surface area contributed by atoms with E-state index in [0.29, 0.717) is 12.0 Å². The number of ether oxygens (including phenoxy) is 1. The van der Waals surface area contributed by atoms with Crippen molar-refractivity contribution in [2.24, 2.45) is 17.6 Å². The van der Waals surface area contributed by atoms with Crippen LogP contribution in [0.25, 0.3) is 0 Å². The van der Waals surface area contributed by atoms with Gasteiger partial charge in [-0.15, -0.1) is 0 Å². The fraction of sp³-hybridized carbons (Fsp3) is 1.00. The van der Waals surface area contributed by atoms with Crippen LogP contribution >= 0.6 is 0 Å². The van der Waals surface area contributed by atoms with Crippen molar-refractivity contribution in [2.45, 2.75) is 25.8 Å². The van der Waals surface area contributed by atoms with Crippen LogP contribution < -0.4 is 5.73 Å². The molecule has 0 aromatic rings. The molecule has 2 aliphatic rings. The lowest BCUT2D eigenvalue weighted by Gasteiger charge is -2.39. The van der Waals surface area contributed by atoms with Crippen molar-refractivity contribution in [1.29, 1.82) is 0 Å². The zero-order valence-corrected chi connectivity index (χ0v) is 9.11. The Balaban J connectivity index is 1.90. The summed E-state index contributed by atoms with van der Waals surface area (Å²) in [5.74, 6) is 1.51. The maximum Gasteiger partial charge on any atom is 0.0622 e. The van der Waals surface area contributed by atoms with E-state index in [4.69, 9.17) is 10.5 Å². The Kier molecular flexibility index (Phi) is 3.42. The summed E-state index contributed by atoms with van der Waals surface area (Å²) < 4.78 is 5.44. The molecule has 2 rings (SSSR count). The molecule has 0 bridgehead atoms. The molecule has 3 atom stereocenters. The van der Waals surface area contributed by atoms with E-state index in [1.165, 1.54) is 25.9 Å². The molecular weight excluding hydrogens is 176 g/mol. The van der Waals surface area contributed by atoms with Gasteiger partial charge in [0, 0.05) is 25.7 Å². The summed E-state index contributed by atoms with van der Waals surface area (Å²) in [6, 6.07) is 0.673. The van der Waals surface area contributed by atoms with E-state index < -0.39 is 0 Å². The first-order valence-corrected chi connectivity index (χ1v) is 5.81. The normalized spacial score (nSPS) is 40.3. The van der Waals surface area contributed by atoms with Crippen LogP contribution in [0.1, 0.15) is 19.8 Å². The van der Waals surface area contributed by atoms with Gasteiger partial charge >= 0.3 is 0 Å². The van der Waals surface area contributed by atoms with Gasteiger partial charge in [-0.1, -0.05) is 6.92 Å². The highest BCUT2D eigenvalue weighted by molar-refractivity contribution is 4.84. The predicted octanol–water partition coefficient (Wildman–Crippen LogP) is 0.692. The minimum atomic E-state index is 0.673. The van der Waals surface area contributed by atoms with Gasteiger partial charge < -0.3 is 10.5 Å². The molecule has 2 aliphatic heterocycles. The Morgan fingerprint density at radius 1 is 1.43 bits per heavy atom. The van der Waals surface area contributed by atoms with E-state index in [9.17, 15) is 0 Å². The summed E-state index contributed by atoms with van der Waals surface area (Å²) in [4.78, 5) is 2.60. The standard InChI is InChI=1S/C11H22N2O/c1-9-4-10(5-12)7-13(6-9)11-2-3-14-8-11/h9-11H,2-8,12H2,1H3. The molecule has 3 heteroatoms. The van der Waals surface area contributed by atoms with Crippen molar-refractivity contribution >= 4 is 0 Å².